The minimum atomic E-state index is -1.68. The molecule has 0 aliphatic carbocycles. The van der Waals surface area contributed by atoms with Crippen molar-refractivity contribution in [1.82, 2.24) is 42.5 Å². The predicted molar refractivity (Wildman–Crippen MR) is 253 cm³/mol. The first-order valence-corrected chi connectivity index (χ1v) is 23.2. The Hall–Kier alpha value is -5.95. The Kier molecular flexibility index (Phi) is 27.6. The normalized spacial score (nSPS) is 15.6. The van der Waals surface area contributed by atoms with Gasteiger partial charge in [-0.2, -0.15) is 0 Å². The first-order chi connectivity index (χ1) is 32.3. The summed E-state index contributed by atoms with van der Waals surface area (Å²) >= 11 is 0. The summed E-state index contributed by atoms with van der Waals surface area (Å²) in [5, 5.41) is 58.5. The molecule has 0 spiro atoms. The molecule has 24 nitrogen and oxygen atoms in total. The third-order valence-corrected chi connectivity index (χ3v) is 10.8. The van der Waals surface area contributed by atoms with Crippen LogP contribution in [0.5, 0.6) is 5.75 Å². The number of phenolic OH excluding ortho intramolecular Hbond substituents is 1. The number of carbonyl (C=O) groups is 9. The minimum Gasteiger partial charge on any atom is -0.508 e. The Morgan fingerprint density at radius 3 is 1.52 bits per heavy atom. The molecular weight excluding hydrogens is 903 g/mol. The molecule has 1 rings (SSSR count). The number of aliphatic hydroxyl groups excluding tert-OH is 2. The van der Waals surface area contributed by atoms with Crippen LogP contribution in [0, 0.1) is 11.8 Å². The molecule has 390 valence electrons. The molecule has 0 aromatic heterocycles. The topological polar surface area (TPSA) is 409 Å². The number of carboxylic acid groups (broad SMARTS) is 1. The fourth-order valence-corrected chi connectivity index (χ4v) is 6.76. The Morgan fingerprint density at radius 1 is 0.551 bits per heavy atom. The highest BCUT2D eigenvalue weighted by molar-refractivity contribution is 5.97. The second-order valence-corrected chi connectivity index (χ2v) is 17.9. The van der Waals surface area contributed by atoms with E-state index in [4.69, 9.17) is 17.2 Å². The predicted octanol–water partition coefficient (Wildman–Crippen LogP) is -3.40. The molecule has 8 amide bonds. The average Bonchev–Trinajstić information content (AvgIpc) is 3.27. The molecule has 0 aliphatic heterocycles. The average molecular weight is 980 g/mol. The van der Waals surface area contributed by atoms with Crippen LogP contribution in [0.2, 0.25) is 0 Å². The van der Waals surface area contributed by atoms with Gasteiger partial charge in [0.25, 0.3) is 0 Å². The van der Waals surface area contributed by atoms with Crippen LogP contribution in [-0.2, 0) is 49.6 Å². The highest BCUT2D eigenvalue weighted by Crippen LogP contribution is 2.13. The summed E-state index contributed by atoms with van der Waals surface area (Å²) in [5.74, 6) is -8.57. The maximum atomic E-state index is 14.0. The van der Waals surface area contributed by atoms with Crippen molar-refractivity contribution in [2.75, 3.05) is 19.6 Å². The van der Waals surface area contributed by atoms with Crippen LogP contribution in [0.15, 0.2) is 24.3 Å². The van der Waals surface area contributed by atoms with Gasteiger partial charge in [-0.25, -0.2) is 4.79 Å². The molecule has 10 atom stereocenters. The molecule has 18 N–H and O–H groups in total. The van der Waals surface area contributed by atoms with Crippen molar-refractivity contribution >= 4 is 53.2 Å². The van der Waals surface area contributed by atoms with Crippen molar-refractivity contribution in [2.45, 2.75) is 160 Å². The number of rotatable bonds is 32. The fourth-order valence-electron chi connectivity index (χ4n) is 6.76. The molecule has 1 aromatic rings. The van der Waals surface area contributed by atoms with Crippen LogP contribution in [0.3, 0.4) is 0 Å². The standard InChI is InChI=1S/C45H77N11O13/c1-23(2)20-33(53-39(62)30(48)21-28-14-16-29(59)17-15-28)42(65)55-35(24(3)4)43(66)52-32(13-9-11-19-47)41(64)51-31(12-8-10-18-46)40(63)49-22-34(60)54-36(26(6)57)44(67)50-25(5)38(61)56-37(27(7)58)45(68)69/h14-17,23-27,30-33,35-37,57-59H,8-13,18-22,46-48H2,1-7H3,(H,49,63)(H,50,67)(H,51,64)(H,52,66)(H,53,62)(H,54,60)(H,55,65)(H,56,61)(H,68,69)/t25-,26+,27+,30-,31-,32-,33-,35-,36-,37-/m0/s1. The second kappa shape index (κ2) is 31.2. The van der Waals surface area contributed by atoms with Gasteiger partial charge in [-0.3, -0.25) is 38.4 Å². The molecule has 0 heterocycles. The molecule has 24 heteroatoms. The van der Waals surface area contributed by atoms with E-state index < -0.39 is 126 Å². The maximum absolute atomic E-state index is 14.0. The number of amides is 8. The molecule has 0 saturated heterocycles. The Labute approximate surface area is 403 Å². The van der Waals surface area contributed by atoms with Crippen LogP contribution >= 0.6 is 0 Å². The van der Waals surface area contributed by atoms with Gasteiger partial charge in [-0.15, -0.1) is 0 Å². The summed E-state index contributed by atoms with van der Waals surface area (Å²) < 4.78 is 0. The zero-order chi connectivity index (χ0) is 52.5. The van der Waals surface area contributed by atoms with Crippen molar-refractivity contribution in [1.29, 1.82) is 0 Å². The number of phenols is 1. The molecular formula is C45H77N11O13. The molecule has 0 unspecified atom stereocenters. The number of aliphatic carboxylic acids is 1. The van der Waals surface area contributed by atoms with Gasteiger partial charge >= 0.3 is 5.97 Å². The van der Waals surface area contributed by atoms with Crippen LogP contribution in [-0.4, -0.2) is 154 Å². The number of carbonyl (C=O) groups excluding carboxylic acids is 8. The Bertz CT molecular complexity index is 1850. The largest absolute Gasteiger partial charge is 0.508 e. The lowest BCUT2D eigenvalue weighted by atomic mass is 9.98. The van der Waals surface area contributed by atoms with Gasteiger partial charge in [0.15, 0.2) is 6.04 Å². The number of nitrogens with two attached hydrogens (primary N) is 3. The van der Waals surface area contributed by atoms with Crippen molar-refractivity contribution < 1.29 is 63.6 Å². The van der Waals surface area contributed by atoms with Crippen molar-refractivity contribution in [2.24, 2.45) is 29.0 Å². The van der Waals surface area contributed by atoms with Crippen LogP contribution in [0.4, 0.5) is 0 Å². The lowest BCUT2D eigenvalue weighted by Crippen LogP contribution is -2.60. The third-order valence-electron chi connectivity index (χ3n) is 10.8. The first kappa shape index (κ1) is 61.1. The molecule has 69 heavy (non-hydrogen) atoms. The molecule has 0 aliphatic rings. The smallest absolute Gasteiger partial charge is 0.328 e. The molecule has 0 bridgehead atoms. The third kappa shape index (κ3) is 22.8. The zero-order valence-electron chi connectivity index (χ0n) is 40.7. The van der Waals surface area contributed by atoms with E-state index in [0.717, 1.165) is 6.92 Å². The lowest BCUT2D eigenvalue weighted by molar-refractivity contribution is -0.145. The lowest BCUT2D eigenvalue weighted by Gasteiger charge is -2.29. The monoisotopic (exact) mass is 980 g/mol. The first-order valence-electron chi connectivity index (χ1n) is 23.2. The van der Waals surface area contributed by atoms with Crippen molar-refractivity contribution in [3.8, 4) is 5.75 Å². The van der Waals surface area contributed by atoms with Gasteiger partial charge in [0.2, 0.25) is 47.3 Å². The molecule has 0 fully saturated rings. The molecule has 1 aromatic carbocycles. The SMILES string of the molecule is CC(C)C[C@H](NC(=O)[C@@H](N)Cc1ccc(O)cc1)C(=O)N[C@H](C(=O)N[C@@H](CCCCN)C(=O)N[C@@H](CCCCN)C(=O)NCC(=O)N[C@H](C(=O)N[C@@H](C)C(=O)N[C@H](C(=O)O)[C@@H](C)O)[C@@H](C)O)C(C)C. The van der Waals surface area contributed by atoms with E-state index in [0.29, 0.717) is 31.2 Å². The summed E-state index contributed by atoms with van der Waals surface area (Å²) in [5.41, 5.74) is 18.3. The number of hydrogen-bond acceptors (Lipinski definition) is 15. The Balaban J connectivity index is 3.17. The van der Waals surface area contributed by atoms with Gasteiger partial charge in [0, 0.05) is 0 Å². The summed E-state index contributed by atoms with van der Waals surface area (Å²) in [6, 6.07) is -4.30. The van der Waals surface area contributed by atoms with Crippen molar-refractivity contribution in [3.63, 3.8) is 0 Å². The van der Waals surface area contributed by atoms with Crippen LogP contribution in [0.1, 0.15) is 99.0 Å². The molecule has 0 radical (unpaired) electrons. The second-order valence-electron chi connectivity index (χ2n) is 17.9. The number of aromatic hydroxyl groups is 1. The van der Waals surface area contributed by atoms with Crippen molar-refractivity contribution in [3.05, 3.63) is 29.8 Å². The van der Waals surface area contributed by atoms with Gasteiger partial charge in [0.1, 0.15) is 42.0 Å². The minimum absolute atomic E-state index is 0.0495. The highest BCUT2D eigenvalue weighted by atomic mass is 16.4. The molecule has 0 saturated carbocycles. The van der Waals surface area contributed by atoms with Crippen LogP contribution in [0.25, 0.3) is 0 Å². The van der Waals surface area contributed by atoms with Gasteiger partial charge in [-0.1, -0.05) is 39.8 Å². The summed E-state index contributed by atoms with van der Waals surface area (Å²) in [6.45, 7) is 10.4. The summed E-state index contributed by atoms with van der Waals surface area (Å²) in [7, 11) is 0. The van der Waals surface area contributed by atoms with Gasteiger partial charge in [-0.05, 0) is 115 Å². The number of benzene rings is 1. The van der Waals surface area contributed by atoms with Gasteiger partial charge in [0.05, 0.1) is 24.8 Å². The fraction of sp³-hybridized carbons (Fsp3) is 0.667. The zero-order valence-corrected chi connectivity index (χ0v) is 40.7. The summed E-state index contributed by atoms with van der Waals surface area (Å²) in [4.78, 5) is 118. The number of unbranched alkanes of at least 4 members (excludes halogenated alkanes) is 2. The van der Waals surface area contributed by atoms with E-state index in [-0.39, 0.29) is 50.4 Å². The highest BCUT2D eigenvalue weighted by Gasteiger charge is 2.35. The number of hydrogen-bond donors (Lipinski definition) is 15. The number of carboxylic acids is 1. The van der Waals surface area contributed by atoms with Gasteiger partial charge < -0.3 is 80.2 Å². The number of aliphatic hydroxyl groups is 2. The van der Waals surface area contributed by atoms with E-state index in [9.17, 15) is 63.6 Å². The van der Waals surface area contributed by atoms with E-state index in [2.05, 4.69) is 42.5 Å². The van der Waals surface area contributed by atoms with E-state index in [1.165, 1.54) is 26.0 Å². The quantitative estimate of drug-likeness (QED) is 0.0313. The van der Waals surface area contributed by atoms with Crippen LogP contribution < -0.4 is 59.7 Å². The van der Waals surface area contributed by atoms with E-state index >= 15 is 0 Å². The maximum Gasteiger partial charge on any atom is 0.328 e. The summed E-state index contributed by atoms with van der Waals surface area (Å²) in [6.07, 6.45) is -0.816. The Morgan fingerprint density at radius 2 is 1.03 bits per heavy atom. The number of nitrogens with one attached hydrogen (secondary N) is 8. The van der Waals surface area contributed by atoms with E-state index in [1.54, 1.807) is 26.0 Å². The van der Waals surface area contributed by atoms with E-state index in [1.807, 2.05) is 13.8 Å².